The second-order valence-electron chi connectivity index (χ2n) is 8.44. The Hall–Kier alpha value is -4.09. The molecule has 4 rings (SSSR count). The van der Waals surface area contributed by atoms with E-state index in [1.54, 1.807) is 0 Å². The van der Waals surface area contributed by atoms with Gasteiger partial charge in [-0.15, -0.1) is 0 Å². The second kappa shape index (κ2) is 10.9. The lowest BCUT2D eigenvalue weighted by atomic mass is 10.0. The van der Waals surface area contributed by atoms with Crippen molar-refractivity contribution in [1.82, 2.24) is 19.1 Å². The van der Waals surface area contributed by atoms with Gasteiger partial charge in [0.1, 0.15) is 17.7 Å². The van der Waals surface area contributed by atoms with Crippen molar-refractivity contribution >= 4 is 11.0 Å². The number of rotatable bonds is 10. The maximum Gasteiger partial charge on any atom is 0.417 e. The first-order chi connectivity index (χ1) is 17.7. The minimum atomic E-state index is -4.69. The first kappa shape index (κ1) is 26.0. The van der Waals surface area contributed by atoms with Crippen molar-refractivity contribution in [2.24, 2.45) is 0 Å². The van der Waals surface area contributed by atoms with Gasteiger partial charge < -0.3 is 14.3 Å². The van der Waals surface area contributed by atoms with Crippen LogP contribution in [-0.4, -0.2) is 30.8 Å². The van der Waals surface area contributed by atoms with E-state index in [0.717, 1.165) is 0 Å². The van der Waals surface area contributed by atoms with Gasteiger partial charge in [-0.25, -0.2) is 19.6 Å². The van der Waals surface area contributed by atoms with Crippen LogP contribution in [0.1, 0.15) is 43.7 Å². The molecule has 0 aliphatic carbocycles. The summed E-state index contributed by atoms with van der Waals surface area (Å²) in [6, 6.07) is 3.19. The lowest BCUT2D eigenvalue weighted by molar-refractivity contribution is -0.136. The average molecular weight is 518 g/mol. The molecule has 1 aromatic carbocycles. The maximum atomic E-state index is 13.4. The summed E-state index contributed by atoms with van der Waals surface area (Å²) in [5.74, 6) is 0.193. The highest BCUT2D eigenvalue weighted by Gasteiger charge is 2.34. The zero-order valence-electron chi connectivity index (χ0n) is 20.0. The molecule has 3 aromatic heterocycles. The van der Waals surface area contributed by atoms with E-state index in [1.165, 1.54) is 46.2 Å². The molecule has 0 aliphatic heterocycles. The molecule has 0 radical (unpaired) electrons. The molecule has 0 unspecified atom stereocenters. The zero-order valence-corrected chi connectivity index (χ0v) is 20.0. The minimum absolute atomic E-state index is 0.109. The van der Waals surface area contributed by atoms with Crippen LogP contribution in [0.15, 0.2) is 57.1 Å². The second-order valence-corrected chi connectivity index (χ2v) is 8.44. The van der Waals surface area contributed by atoms with E-state index in [2.05, 4.69) is 9.97 Å². The van der Waals surface area contributed by atoms with Gasteiger partial charge in [0.25, 0.3) is 0 Å². The van der Waals surface area contributed by atoms with Gasteiger partial charge in [-0.2, -0.15) is 13.2 Å². The number of fused-ring (bicyclic) bond motifs is 1. The van der Waals surface area contributed by atoms with Gasteiger partial charge in [-0.1, -0.05) is 13.3 Å². The number of hydrogen-bond acceptors (Lipinski definition) is 7. The van der Waals surface area contributed by atoms with Gasteiger partial charge in [-0.3, -0.25) is 9.13 Å². The van der Waals surface area contributed by atoms with Gasteiger partial charge in [0.15, 0.2) is 0 Å². The molecule has 196 valence electrons. The number of imidazole rings is 1. The molecule has 0 fully saturated rings. The summed E-state index contributed by atoms with van der Waals surface area (Å²) in [7, 11) is 0. The van der Waals surface area contributed by atoms with Crippen LogP contribution in [0.4, 0.5) is 13.2 Å². The average Bonchev–Trinajstić information content (AvgIpc) is 3.15. The Bertz CT molecular complexity index is 1490. The number of nitrogens with zero attached hydrogens (tertiary/aromatic N) is 4. The van der Waals surface area contributed by atoms with Crippen LogP contribution in [-0.2, 0) is 19.1 Å². The van der Waals surface area contributed by atoms with E-state index < -0.39 is 23.1 Å². The number of benzene rings is 1. The standard InChI is InChI=1S/C25H25F3N4O5/c1-2-6-18-20(8-7-17-19(25(26,27)28)11-22(34)37-23(17)18)36-10-5-3-4-9-31-21(33)14-32(24(31)35)16-12-29-15-30-13-16/h7-8,11-15,33H,2-6,9-10H2,1H3. The van der Waals surface area contributed by atoms with Crippen molar-refractivity contribution in [1.29, 1.82) is 0 Å². The molecule has 3 heterocycles. The Morgan fingerprint density at radius 2 is 1.86 bits per heavy atom. The fourth-order valence-electron chi connectivity index (χ4n) is 4.13. The molecular weight excluding hydrogens is 493 g/mol. The highest BCUT2D eigenvalue weighted by molar-refractivity contribution is 5.85. The number of alkyl halides is 3. The minimum Gasteiger partial charge on any atom is -0.493 e. The van der Waals surface area contributed by atoms with Gasteiger partial charge in [0.2, 0.25) is 5.88 Å². The molecule has 4 aromatic rings. The van der Waals surface area contributed by atoms with Crippen molar-refractivity contribution in [2.75, 3.05) is 6.61 Å². The normalized spacial score (nSPS) is 11.8. The summed E-state index contributed by atoms with van der Waals surface area (Å²) in [5, 5.41) is 9.98. The van der Waals surface area contributed by atoms with Crippen LogP contribution >= 0.6 is 0 Å². The third-order valence-corrected chi connectivity index (χ3v) is 5.84. The van der Waals surface area contributed by atoms with Crippen LogP contribution in [0.2, 0.25) is 0 Å². The molecule has 12 heteroatoms. The van der Waals surface area contributed by atoms with Crippen LogP contribution in [0, 0.1) is 0 Å². The van der Waals surface area contributed by atoms with Crippen molar-refractivity contribution in [3.05, 3.63) is 75.1 Å². The van der Waals surface area contributed by atoms with E-state index in [0.29, 0.717) is 55.2 Å². The number of unbranched alkanes of at least 4 members (excludes halogenated alkanes) is 2. The van der Waals surface area contributed by atoms with Gasteiger partial charge in [-0.05, 0) is 37.8 Å². The predicted molar refractivity (Wildman–Crippen MR) is 128 cm³/mol. The van der Waals surface area contributed by atoms with Crippen LogP contribution in [0.25, 0.3) is 16.7 Å². The smallest absolute Gasteiger partial charge is 0.417 e. The molecule has 0 atom stereocenters. The van der Waals surface area contributed by atoms with Crippen molar-refractivity contribution in [3.8, 4) is 17.3 Å². The van der Waals surface area contributed by atoms with Gasteiger partial charge in [0, 0.05) is 23.6 Å². The van der Waals surface area contributed by atoms with E-state index in [4.69, 9.17) is 9.15 Å². The first-order valence-corrected chi connectivity index (χ1v) is 11.8. The lowest BCUT2D eigenvalue weighted by Gasteiger charge is -2.15. The van der Waals surface area contributed by atoms with Gasteiger partial charge >= 0.3 is 17.5 Å². The first-order valence-electron chi connectivity index (χ1n) is 11.8. The number of halogens is 3. The molecule has 1 N–H and O–H groups in total. The number of hydrogen-bond donors (Lipinski definition) is 1. The van der Waals surface area contributed by atoms with E-state index in [1.807, 2.05) is 6.92 Å². The van der Waals surface area contributed by atoms with E-state index >= 15 is 0 Å². The van der Waals surface area contributed by atoms with Gasteiger partial charge in [0.05, 0.1) is 36.4 Å². The molecule has 0 spiro atoms. The quantitative estimate of drug-likeness (QED) is 0.244. The molecule has 0 bridgehead atoms. The highest BCUT2D eigenvalue weighted by atomic mass is 19.4. The highest BCUT2D eigenvalue weighted by Crippen LogP contribution is 2.37. The Labute approximate surface area is 208 Å². The number of ether oxygens (including phenoxy) is 1. The Balaban J connectivity index is 1.40. The Morgan fingerprint density at radius 3 is 2.57 bits per heavy atom. The third-order valence-electron chi connectivity index (χ3n) is 5.84. The van der Waals surface area contributed by atoms with Crippen molar-refractivity contribution in [3.63, 3.8) is 0 Å². The maximum absolute atomic E-state index is 13.4. The number of aromatic nitrogens is 4. The summed E-state index contributed by atoms with van der Waals surface area (Å²) in [6.45, 7) is 2.42. The predicted octanol–water partition coefficient (Wildman–Crippen LogP) is 4.46. The fraction of sp³-hybridized carbons (Fsp3) is 0.360. The van der Waals surface area contributed by atoms with E-state index in [9.17, 15) is 27.9 Å². The molecule has 0 saturated carbocycles. The SMILES string of the molecule is CCCc1c(OCCCCCn2c(O)cn(-c3cncnc3)c2=O)ccc2c(C(F)(F)F)cc(=O)oc12. The van der Waals surface area contributed by atoms with Crippen LogP contribution in [0.5, 0.6) is 11.6 Å². The summed E-state index contributed by atoms with van der Waals surface area (Å²) in [6.07, 6.45) is 3.71. The molecule has 0 saturated heterocycles. The largest absolute Gasteiger partial charge is 0.493 e. The third kappa shape index (κ3) is 5.68. The molecule has 9 nitrogen and oxygen atoms in total. The summed E-state index contributed by atoms with van der Waals surface area (Å²) >= 11 is 0. The lowest BCUT2D eigenvalue weighted by Crippen LogP contribution is -2.23. The monoisotopic (exact) mass is 518 g/mol. The zero-order chi connectivity index (χ0) is 26.6. The summed E-state index contributed by atoms with van der Waals surface area (Å²) in [5.41, 5.74) is -1.76. The Kier molecular flexibility index (Phi) is 7.65. The summed E-state index contributed by atoms with van der Waals surface area (Å²) < 4.78 is 53.8. The molecular formula is C25H25F3N4O5. The molecule has 0 aliphatic rings. The van der Waals surface area contributed by atoms with Crippen molar-refractivity contribution < 1.29 is 27.4 Å². The van der Waals surface area contributed by atoms with E-state index in [-0.39, 0.29) is 30.0 Å². The number of aromatic hydroxyl groups is 1. The molecule has 0 amide bonds. The topological polar surface area (TPSA) is 112 Å². The number of aryl methyl sites for hydroxylation is 1. The molecule has 37 heavy (non-hydrogen) atoms. The fourth-order valence-corrected chi connectivity index (χ4v) is 4.13. The van der Waals surface area contributed by atoms with Crippen molar-refractivity contribution in [2.45, 2.75) is 51.7 Å². The van der Waals surface area contributed by atoms with Crippen LogP contribution < -0.4 is 16.1 Å². The van der Waals surface area contributed by atoms with Crippen LogP contribution in [0.3, 0.4) is 0 Å². The Morgan fingerprint density at radius 1 is 1.11 bits per heavy atom. The summed E-state index contributed by atoms with van der Waals surface area (Å²) in [4.78, 5) is 32.2.